The highest BCUT2D eigenvalue weighted by Crippen LogP contribution is 2.18. The number of aromatic nitrogens is 3. The number of hydrogen-bond donors (Lipinski definition) is 2. The number of halogens is 1. The Labute approximate surface area is 124 Å². The summed E-state index contributed by atoms with van der Waals surface area (Å²) in [4.78, 5) is 4.32. The summed E-state index contributed by atoms with van der Waals surface area (Å²) >= 11 is 0. The van der Waals surface area contributed by atoms with E-state index in [0.29, 0.717) is 18.7 Å². The van der Waals surface area contributed by atoms with Crippen molar-refractivity contribution in [2.45, 2.75) is 11.8 Å². The van der Waals surface area contributed by atoms with Crippen LogP contribution in [0, 0.1) is 6.92 Å². The number of nitrogens with zero attached hydrogens (tertiary/aromatic N) is 3. The molecule has 2 aromatic rings. The van der Waals surface area contributed by atoms with Crippen LogP contribution in [-0.2, 0) is 17.1 Å². The predicted molar refractivity (Wildman–Crippen MR) is 79.6 cm³/mol. The van der Waals surface area contributed by atoms with Gasteiger partial charge in [0.25, 0.3) is 0 Å². The van der Waals surface area contributed by atoms with Crippen LogP contribution in [0.25, 0.3) is 11.0 Å². The van der Waals surface area contributed by atoms with Gasteiger partial charge in [-0.1, -0.05) is 0 Å². The van der Waals surface area contributed by atoms with Crippen molar-refractivity contribution in [1.82, 2.24) is 24.8 Å². The second-order valence-corrected chi connectivity index (χ2v) is 6.02. The molecule has 2 aromatic heterocycles. The molecule has 0 atom stereocenters. The van der Waals surface area contributed by atoms with Gasteiger partial charge in [-0.3, -0.25) is 4.68 Å². The summed E-state index contributed by atoms with van der Waals surface area (Å²) in [6.07, 6.45) is 1.35. The fourth-order valence-corrected chi connectivity index (χ4v) is 2.83. The maximum atomic E-state index is 12.1. The molecule has 0 unspecified atom stereocenters. The molecular weight excluding hydrogens is 302 g/mol. The van der Waals surface area contributed by atoms with Gasteiger partial charge in [0.1, 0.15) is 4.90 Å². The van der Waals surface area contributed by atoms with Gasteiger partial charge in [-0.25, -0.2) is 18.1 Å². The molecule has 2 rings (SSSR count). The molecule has 0 aromatic carbocycles. The smallest absolute Gasteiger partial charge is 0.242 e. The SMILES string of the molecule is CNCCNS(=O)(=O)c1cnc2c(c1)c(C)nn2C.Cl. The van der Waals surface area contributed by atoms with Crippen LogP contribution in [0.15, 0.2) is 17.2 Å². The van der Waals surface area contributed by atoms with Gasteiger partial charge >= 0.3 is 0 Å². The first-order chi connectivity index (χ1) is 8.95. The number of likely N-dealkylation sites (N-methyl/N-ethyl adjacent to an activating group) is 1. The molecular formula is C11H18ClN5O2S. The number of fused-ring (bicyclic) bond motifs is 1. The van der Waals surface area contributed by atoms with E-state index < -0.39 is 10.0 Å². The molecule has 7 nitrogen and oxygen atoms in total. The van der Waals surface area contributed by atoms with Crippen LogP contribution in [0.3, 0.4) is 0 Å². The van der Waals surface area contributed by atoms with Gasteiger partial charge in [0.05, 0.1) is 5.69 Å². The Kier molecular flexibility index (Phi) is 5.46. The van der Waals surface area contributed by atoms with E-state index in [1.165, 1.54) is 6.20 Å². The molecule has 20 heavy (non-hydrogen) atoms. The zero-order chi connectivity index (χ0) is 14.0. The second kappa shape index (κ2) is 6.49. The monoisotopic (exact) mass is 319 g/mol. The topological polar surface area (TPSA) is 88.9 Å². The molecule has 0 aliphatic rings. The number of aryl methyl sites for hydroxylation is 2. The normalized spacial score (nSPS) is 11.6. The molecule has 0 fully saturated rings. The standard InChI is InChI=1S/C11H17N5O2S.ClH/c1-8-10-6-9(7-13-11(10)16(3)15-8)19(17,18)14-5-4-12-2;/h6-7,12,14H,4-5H2,1-3H3;1H. The van der Waals surface area contributed by atoms with Crippen molar-refractivity contribution >= 4 is 33.5 Å². The average Bonchev–Trinajstić information content (AvgIpc) is 2.65. The fraction of sp³-hybridized carbons (Fsp3) is 0.455. The van der Waals surface area contributed by atoms with Crippen molar-refractivity contribution < 1.29 is 8.42 Å². The molecule has 0 aliphatic carbocycles. The maximum Gasteiger partial charge on any atom is 0.242 e. The highest BCUT2D eigenvalue weighted by Gasteiger charge is 2.16. The van der Waals surface area contributed by atoms with Crippen molar-refractivity contribution in [2.75, 3.05) is 20.1 Å². The van der Waals surface area contributed by atoms with Gasteiger partial charge in [0.2, 0.25) is 10.0 Å². The quantitative estimate of drug-likeness (QED) is 0.768. The third kappa shape index (κ3) is 3.26. The molecule has 0 spiro atoms. The maximum absolute atomic E-state index is 12.1. The van der Waals surface area contributed by atoms with Gasteiger partial charge in [-0.2, -0.15) is 5.10 Å². The van der Waals surface area contributed by atoms with Crippen LogP contribution in [0.1, 0.15) is 5.69 Å². The van der Waals surface area contributed by atoms with E-state index in [1.807, 2.05) is 6.92 Å². The Morgan fingerprint density at radius 2 is 2.05 bits per heavy atom. The molecule has 0 saturated heterocycles. The van der Waals surface area contributed by atoms with Crippen LogP contribution < -0.4 is 10.0 Å². The Morgan fingerprint density at radius 3 is 2.70 bits per heavy atom. The van der Waals surface area contributed by atoms with Gasteiger partial charge in [-0.05, 0) is 20.0 Å². The van der Waals surface area contributed by atoms with Crippen LogP contribution in [0.5, 0.6) is 0 Å². The third-order valence-electron chi connectivity index (χ3n) is 2.82. The second-order valence-electron chi connectivity index (χ2n) is 4.25. The summed E-state index contributed by atoms with van der Waals surface area (Å²) in [5.74, 6) is 0. The molecule has 2 heterocycles. The van der Waals surface area contributed by atoms with Gasteiger partial charge < -0.3 is 5.32 Å². The zero-order valence-corrected chi connectivity index (χ0v) is 13.2. The zero-order valence-electron chi connectivity index (χ0n) is 11.5. The predicted octanol–water partition coefficient (Wildman–Crippen LogP) is 0.196. The number of sulfonamides is 1. The molecule has 0 aliphatic heterocycles. The minimum Gasteiger partial charge on any atom is -0.318 e. The van der Waals surface area contributed by atoms with Gasteiger partial charge in [-0.15, -0.1) is 12.4 Å². The van der Waals surface area contributed by atoms with Gasteiger partial charge in [0, 0.05) is 31.7 Å². The lowest BCUT2D eigenvalue weighted by Crippen LogP contribution is -2.30. The lowest BCUT2D eigenvalue weighted by molar-refractivity contribution is 0.579. The number of pyridine rings is 1. The van der Waals surface area contributed by atoms with Crippen LogP contribution in [-0.4, -0.2) is 43.3 Å². The van der Waals surface area contributed by atoms with E-state index in [0.717, 1.165) is 11.1 Å². The van der Waals surface area contributed by atoms with E-state index in [1.54, 1.807) is 24.8 Å². The van der Waals surface area contributed by atoms with Crippen LogP contribution >= 0.6 is 12.4 Å². The van der Waals surface area contributed by atoms with Crippen molar-refractivity contribution in [2.24, 2.45) is 7.05 Å². The van der Waals surface area contributed by atoms with E-state index in [2.05, 4.69) is 20.1 Å². The Morgan fingerprint density at radius 1 is 1.35 bits per heavy atom. The van der Waals surface area contributed by atoms with E-state index >= 15 is 0 Å². The van der Waals surface area contributed by atoms with Crippen molar-refractivity contribution in [3.8, 4) is 0 Å². The summed E-state index contributed by atoms with van der Waals surface area (Å²) in [5.41, 5.74) is 1.43. The minimum absolute atomic E-state index is 0. The first kappa shape index (κ1) is 16.8. The molecule has 0 bridgehead atoms. The first-order valence-corrected chi connectivity index (χ1v) is 7.37. The summed E-state index contributed by atoms with van der Waals surface area (Å²) < 4.78 is 28.3. The summed E-state index contributed by atoms with van der Waals surface area (Å²) in [6.45, 7) is 2.73. The van der Waals surface area contributed by atoms with Crippen LogP contribution in [0.4, 0.5) is 0 Å². The lowest BCUT2D eigenvalue weighted by atomic mass is 10.3. The fourth-order valence-electron chi connectivity index (χ4n) is 1.83. The molecule has 0 saturated carbocycles. The molecule has 0 amide bonds. The van der Waals surface area contributed by atoms with Crippen LogP contribution in [0.2, 0.25) is 0 Å². The largest absolute Gasteiger partial charge is 0.318 e. The van der Waals surface area contributed by atoms with E-state index in [-0.39, 0.29) is 17.3 Å². The number of hydrogen-bond acceptors (Lipinski definition) is 5. The summed E-state index contributed by atoms with van der Waals surface area (Å²) in [7, 11) is 0.0232. The third-order valence-corrected chi connectivity index (χ3v) is 4.24. The van der Waals surface area contributed by atoms with Crippen molar-refractivity contribution in [3.05, 3.63) is 18.0 Å². The first-order valence-electron chi connectivity index (χ1n) is 5.89. The Balaban J connectivity index is 0.00000200. The Bertz CT molecular complexity index is 698. The van der Waals surface area contributed by atoms with Crippen molar-refractivity contribution in [1.29, 1.82) is 0 Å². The van der Waals surface area contributed by atoms with Gasteiger partial charge in [0.15, 0.2) is 5.65 Å². The lowest BCUT2D eigenvalue weighted by Gasteiger charge is -2.06. The number of nitrogens with one attached hydrogen (secondary N) is 2. The molecule has 9 heteroatoms. The highest BCUT2D eigenvalue weighted by atomic mass is 35.5. The van der Waals surface area contributed by atoms with Crippen molar-refractivity contribution in [3.63, 3.8) is 0 Å². The average molecular weight is 320 g/mol. The molecule has 112 valence electrons. The summed E-state index contributed by atoms with van der Waals surface area (Å²) in [6, 6.07) is 1.60. The van der Waals surface area contributed by atoms with E-state index in [9.17, 15) is 8.42 Å². The van der Waals surface area contributed by atoms with E-state index in [4.69, 9.17) is 0 Å². The highest BCUT2D eigenvalue weighted by molar-refractivity contribution is 7.89. The number of rotatable bonds is 5. The minimum atomic E-state index is -3.52. The molecule has 0 radical (unpaired) electrons. The molecule has 2 N–H and O–H groups in total. The summed E-state index contributed by atoms with van der Waals surface area (Å²) in [5, 5.41) is 7.84. The Hall–Kier alpha value is -1.22.